The lowest BCUT2D eigenvalue weighted by molar-refractivity contribution is 1.15. The van der Waals surface area contributed by atoms with Gasteiger partial charge in [-0.3, -0.25) is 0 Å². The second-order valence-electron chi connectivity index (χ2n) is 1.65. The molecule has 2 nitrogen and oxygen atoms in total. The molecule has 0 atom stereocenters. The van der Waals surface area contributed by atoms with Gasteiger partial charge in [-0.1, -0.05) is 35.9 Å². The van der Waals surface area contributed by atoms with Crippen LogP contribution >= 0.6 is 12.4 Å². The molecule has 0 N–H and O–H groups in total. The summed E-state index contributed by atoms with van der Waals surface area (Å²) in [6.45, 7) is 2.08. The van der Waals surface area contributed by atoms with Crippen molar-refractivity contribution >= 4 is 12.4 Å². The van der Waals surface area contributed by atoms with Crippen LogP contribution in [0.2, 0.25) is 0 Å². The lowest BCUT2D eigenvalue weighted by Gasteiger charge is -1.82. The van der Waals surface area contributed by atoms with Crippen molar-refractivity contribution in [2.75, 3.05) is 0 Å². The Morgan fingerprint density at radius 2 is 1.40 bits per heavy atom. The summed E-state index contributed by atoms with van der Waals surface area (Å²) in [4.78, 5) is 0. The molecule has 0 spiro atoms. The fourth-order valence-electron chi connectivity index (χ4n) is 0.534. The van der Waals surface area contributed by atoms with Crippen molar-refractivity contribution in [2.24, 2.45) is 0 Å². The highest BCUT2D eigenvalue weighted by molar-refractivity contribution is 5.85. The van der Waals surface area contributed by atoms with E-state index in [-0.39, 0.29) is 12.4 Å². The Balaban J connectivity index is 0. The third-order valence-corrected chi connectivity index (χ3v) is 0.940. The van der Waals surface area contributed by atoms with E-state index in [0.29, 0.717) is 0 Å². The summed E-state index contributed by atoms with van der Waals surface area (Å²) < 4.78 is 0. The fraction of sp³-hybridized carbons (Fsp3) is 0.143. The number of benzene rings is 1. The van der Waals surface area contributed by atoms with E-state index in [0.717, 1.165) is 0 Å². The van der Waals surface area contributed by atoms with E-state index in [2.05, 4.69) is 19.1 Å². The molecule has 0 aliphatic carbocycles. The minimum absolute atomic E-state index is 0. The van der Waals surface area contributed by atoms with Crippen molar-refractivity contribution < 1.29 is 0 Å². The molecule has 0 aliphatic heterocycles. The van der Waals surface area contributed by atoms with Gasteiger partial charge in [0.05, 0.1) is 0 Å². The second-order valence-corrected chi connectivity index (χ2v) is 1.65. The molecule has 1 rings (SSSR count). The minimum Gasteiger partial charge on any atom is -0.147 e. The monoisotopic (exact) mass is 156 g/mol. The summed E-state index contributed by atoms with van der Waals surface area (Å²) in [7, 11) is 0. The maximum Gasteiger partial charge on any atom is 0 e. The van der Waals surface area contributed by atoms with E-state index >= 15 is 0 Å². The van der Waals surface area contributed by atoms with Gasteiger partial charge < -0.3 is 0 Å². The Morgan fingerprint density at radius 3 is 1.60 bits per heavy atom. The van der Waals surface area contributed by atoms with E-state index in [9.17, 15) is 0 Å². The number of aryl methyl sites for hydroxylation is 1. The van der Waals surface area contributed by atoms with Gasteiger partial charge >= 0.3 is 0 Å². The van der Waals surface area contributed by atoms with Crippen molar-refractivity contribution in [3.63, 3.8) is 0 Å². The van der Waals surface area contributed by atoms with Gasteiger partial charge in [-0.05, 0) is 6.92 Å². The molecule has 0 amide bonds. The molecule has 0 unspecified atom stereocenters. The molecule has 0 heterocycles. The van der Waals surface area contributed by atoms with Crippen LogP contribution in [-0.4, -0.2) is 0 Å². The maximum absolute atomic E-state index is 6.00. The molecule has 1 aromatic carbocycles. The Labute approximate surface area is 66.7 Å². The molecule has 0 aliphatic rings. The van der Waals surface area contributed by atoms with Gasteiger partial charge in [0, 0.05) is 10.8 Å². The lowest BCUT2D eigenvalue weighted by atomic mass is 10.2. The average Bonchev–Trinajstić information content (AvgIpc) is 1.94. The normalized spacial score (nSPS) is 6.30. The van der Waals surface area contributed by atoms with Gasteiger partial charge in [0.25, 0.3) is 0 Å². The summed E-state index contributed by atoms with van der Waals surface area (Å²) in [6, 6.07) is 10.3. The number of nitrogens with zero attached hydrogens (tertiary/aromatic N) is 2. The van der Waals surface area contributed by atoms with Gasteiger partial charge in [-0.25, -0.2) is 0 Å². The highest BCUT2D eigenvalue weighted by atomic mass is 35.5. The molecule has 0 saturated carbocycles. The molecule has 3 heteroatoms. The van der Waals surface area contributed by atoms with Crippen LogP contribution in [0.3, 0.4) is 0 Å². The smallest absolute Gasteiger partial charge is 0 e. The van der Waals surface area contributed by atoms with E-state index in [4.69, 9.17) is 10.8 Å². The highest BCUT2D eigenvalue weighted by Crippen LogP contribution is 1.92. The Kier molecular flexibility index (Phi) is 9.27. The lowest BCUT2D eigenvalue weighted by Crippen LogP contribution is -1.62. The maximum atomic E-state index is 6.00. The van der Waals surface area contributed by atoms with Crippen molar-refractivity contribution in [3.05, 3.63) is 35.9 Å². The SMILES string of the molecule is Cc1ccccc1.Cl.N#N. The molecular formula is C7H9ClN2. The molecule has 0 saturated heterocycles. The summed E-state index contributed by atoms with van der Waals surface area (Å²) in [5.41, 5.74) is 1.32. The number of hydrogen-bond donors (Lipinski definition) is 0. The van der Waals surface area contributed by atoms with Crippen LogP contribution in [0.15, 0.2) is 30.3 Å². The van der Waals surface area contributed by atoms with Gasteiger partial charge in [-0.15, -0.1) is 12.4 Å². The zero-order valence-corrected chi connectivity index (χ0v) is 6.51. The molecule has 10 heavy (non-hydrogen) atoms. The van der Waals surface area contributed by atoms with Gasteiger partial charge in [0.1, 0.15) is 0 Å². The van der Waals surface area contributed by atoms with Crippen LogP contribution in [0.5, 0.6) is 0 Å². The summed E-state index contributed by atoms with van der Waals surface area (Å²) in [5.74, 6) is 0. The van der Waals surface area contributed by atoms with Crippen molar-refractivity contribution in [1.82, 2.24) is 0 Å². The van der Waals surface area contributed by atoms with Gasteiger partial charge in [-0.2, -0.15) is 0 Å². The largest absolute Gasteiger partial charge is 0.147 e. The Morgan fingerprint density at radius 1 is 1.00 bits per heavy atom. The van der Waals surface area contributed by atoms with Crippen molar-refractivity contribution in [1.29, 1.82) is 10.8 Å². The second kappa shape index (κ2) is 7.93. The Hall–Kier alpha value is -1.07. The van der Waals surface area contributed by atoms with E-state index in [1.54, 1.807) is 0 Å². The van der Waals surface area contributed by atoms with Crippen LogP contribution in [0, 0.1) is 17.7 Å². The van der Waals surface area contributed by atoms with E-state index in [1.165, 1.54) is 5.56 Å². The molecular weight excluding hydrogens is 148 g/mol. The van der Waals surface area contributed by atoms with Gasteiger partial charge in [0.15, 0.2) is 0 Å². The van der Waals surface area contributed by atoms with Crippen LogP contribution in [-0.2, 0) is 0 Å². The van der Waals surface area contributed by atoms with Crippen LogP contribution < -0.4 is 0 Å². The Bertz CT molecular complexity index is 171. The summed E-state index contributed by atoms with van der Waals surface area (Å²) in [5, 5.41) is 12.0. The minimum atomic E-state index is 0. The summed E-state index contributed by atoms with van der Waals surface area (Å²) in [6.07, 6.45) is 0. The predicted molar refractivity (Wildman–Crippen MR) is 41.9 cm³/mol. The van der Waals surface area contributed by atoms with Crippen molar-refractivity contribution in [3.8, 4) is 0 Å². The molecule has 1 aromatic rings. The third-order valence-electron chi connectivity index (χ3n) is 0.940. The molecule has 0 fully saturated rings. The first-order valence-electron chi connectivity index (χ1n) is 2.61. The predicted octanol–water partition coefficient (Wildman–Crippen LogP) is 2.45. The van der Waals surface area contributed by atoms with Gasteiger partial charge in [0.2, 0.25) is 0 Å². The van der Waals surface area contributed by atoms with E-state index < -0.39 is 0 Å². The van der Waals surface area contributed by atoms with E-state index in [1.807, 2.05) is 18.2 Å². The average molecular weight is 157 g/mol. The quantitative estimate of drug-likeness (QED) is 0.542. The van der Waals surface area contributed by atoms with Crippen LogP contribution in [0.25, 0.3) is 0 Å². The first kappa shape index (κ1) is 11.7. The zero-order valence-electron chi connectivity index (χ0n) is 5.69. The van der Waals surface area contributed by atoms with Crippen LogP contribution in [0.4, 0.5) is 0 Å². The topological polar surface area (TPSA) is 47.6 Å². The number of halogens is 1. The summed E-state index contributed by atoms with van der Waals surface area (Å²) >= 11 is 0. The highest BCUT2D eigenvalue weighted by Gasteiger charge is 1.72. The standard InChI is InChI=1S/C7H8.ClH.N2/c1-7-5-3-2-4-6-7;;1-2/h2-6H,1H3;1H;. The molecule has 0 bridgehead atoms. The zero-order chi connectivity index (χ0) is 7.11. The third kappa shape index (κ3) is 5.07. The molecule has 54 valence electrons. The first-order valence-corrected chi connectivity index (χ1v) is 2.61. The molecule has 0 radical (unpaired) electrons. The molecule has 0 aromatic heterocycles. The first-order chi connectivity index (χ1) is 4.39. The van der Waals surface area contributed by atoms with Crippen molar-refractivity contribution in [2.45, 2.75) is 6.92 Å². The number of rotatable bonds is 0. The fourth-order valence-corrected chi connectivity index (χ4v) is 0.534. The van der Waals surface area contributed by atoms with Crippen LogP contribution in [0.1, 0.15) is 5.56 Å². The number of hydrogen-bond acceptors (Lipinski definition) is 2.